The van der Waals surface area contributed by atoms with Gasteiger partial charge in [0.05, 0.1) is 6.21 Å². The first kappa shape index (κ1) is 9.00. The smallest absolute Gasteiger partial charge is 0.136 e. The minimum Gasteiger partial charge on any atom is -0.411 e. The van der Waals surface area contributed by atoms with E-state index in [2.05, 4.69) is 5.16 Å². The lowest BCUT2D eigenvalue weighted by atomic mass is 10.1. The summed E-state index contributed by atoms with van der Waals surface area (Å²) in [4.78, 5) is 0. The molecular formula is C8H7ClFNO. The highest BCUT2D eigenvalue weighted by atomic mass is 35.5. The number of hydrogen-bond acceptors (Lipinski definition) is 2. The van der Waals surface area contributed by atoms with Crippen molar-refractivity contribution in [2.75, 3.05) is 0 Å². The third-order valence-electron chi connectivity index (χ3n) is 1.55. The number of rotatable bonds is 1. The van der Waals surface area contributed by atoms with Crippen molar-refractivity contribution in [2.24, 2.45) is 5.16 Å². The van der Waals surface area contributed by atoms with Crippen LogP contribution < -0.4 is 0 Å². The van der Waals surface area contributed by atoms with Crippen LogP contribution in [0.3, 0.4) is 0 Å². The van der Waals surface area contributed by atoms with Gasteiger partial charge in [-0.25, -0.2) is 4.39 Å². The molecule has 0 aliphatic rings. The highest BCUT2D eigenvalue weighted by molar-refractivity contribution is 6.31. The van der Waals surface area contributed by atoms with Crippen molar-refractivity contribution in [3.8, 4) is 0 Å². The molecule has 1 N–H and O–H groups in total. The maximum absolute atomic E-state index is 13.2. The zero-order valence-corrected chi connectivity index (χ0v) is 7.14. The number of halogens is 2. The third-order valence-corrected chi connectivity index (χ3v) is 1.96. The van der Waals surface area contributed by atoms with E-state index in [1.165, 1.54) is 6.07 Å². The van der Waals surface area contributed by atoms with Crippen LogP contribution in [0.15, 0.2) is 17.3 Å². The van der Waals surface area contributed by atoms with Crippen LogP contribution >= 0.6 is 11.6 Å². The standard InChI is InChI=1S/C8H7ClFNO/c1-5-7(9)3-2-6(4-11-12)8(5)10/h2-4,12H,1H3/b11-4-. The second kappa shape index (κ2) is 3.54. The Labute approximate surface area is 74.3 Å². The topological polar surface area (TPSA) is 32.6 Å². The van der Waals surface area contributed by atoms with Gasteiger partial charge in [0.2, 0.25) is 0 Å². The predicted octanol–water partition coefficient (Wildman–Crippen LogP) is 2.60. The molecule has 0 heterocycles. The SMILES string of the molecule is Cc1c(Cl)ccc(/C=N\O)c1F. The van der Waals surface area contributed by atoms with E-state index in [1.807, 2.05) is 0 Å². The second-order valence-electron chi connectivity index (χ2n) is 2.32. The van der Waals surface area contributed by atoms with Crippen molar-refractivity contribution >= 4 is 17.8 Å². The molecule has 0 spiro atoms. The lowest BCUT2D eigenvalue weighted by molar-refractivity contribution is 0.321. The Morgan fingerprint density at radius 2 is 2.25 bits per heavy atom. The molecule has 0 aliphatic heterocycles. The molecule has 1 aromatic carbocycles. The summed E-state index contributed by atoms with van der Waals surface area (Å²) in [6.07, 6.45) is 1.03. The van der Waals surface area contributed by atoms with Crippen molar-refractivity contribution in [3.63, 3.8) is 0 Å². The Morgan fingerprint density at radius 1 is 1.58 bits per heavy atom. The molecule has 64 valence electrons. The summed E-state index contributed by atoms with van der Waals surface area (Å²) in [5, 5.41) is 11.3. The number of nitrogens with zero attached hydrogens (tertiary/aromatic N) is 1. The van der Waals surface area contributed by atoms with E-state index in [0.29, 0.717) is 10.6 Å². The summed E-state index contributed by atoms with van der Waals surface area (Å²) in [5.41, 5.74) is 0.577. The summed E-state index contributed by atoms with van der Waals surface area (Å²) in [6, 6.07) is 3.00. The van der Waals surface area contributed by atoms with Gasteiger partial charge in [0.25, 0.3) is 0 Å². The first-order chi connectivity index (χ1) is 5.66. The van der Waals surface area contributed by atoms with Gasteiger partial charge < -0.3 is 5.21 Å². The first-order valence-corrected chi connectivity index (χ1v) is 3.66. The van der Waals surface area contributed by atoms with Crippen molar-refractivity contribution in [2.45, 2.75) is 6.92 Å². The van der Waals surface area contributed by atoms with E-state index in [4.69, 9.17) is 16.8 Å². The Bertz CT molecular complexity index is 325. The van der Waals surface area contributed by atoms with Gasteiger partial charge in [-0.15, -0.1) is 0 Å². The molecule has 0 fully saturated rings. The van der Waals surface area contributed by atoms with Gasteiger partial charge in [-0.1, -0.05) is 16.8 Å². The van der Waals surface area contributed by atoms with Gasteiger partial charge >= 0.3 is 0 Å². The van der Waals surface area contributed by atoms with Crippen LogP contribution in [0.5, 0.6) is 0 Å². The molecule has 2 nitrogen and oxygen atoms in total. The molecular weight excluding hydrogens is 181 g/mol. The predicted molar refractivity (Wildman–Crippen MR) is 45.5 cm³/mol. The molecule has 0 radical (unpaired) electrons. The fourth-order valence-corrected chi connectivity index (χ4v) is 0.990. The summed E-state index contributed by atoms with van der Waals surface area (Å²) in [5.74, 6) is -0.458. The molecule has 4 heteroatoms. The maximum Gasteiger partial charge on any atom is 0.136 e. The van der Waals surface area contributed by atoms with Gasteiger partial charge in [0.15, 0.2) is 0 Å². The molecule has 0 aliphatic carbocycles. The lowest BCUT2D eigenvalue weighted by Crippen LogP contribution is -1.92. The fraction of sp³-hybridized carbons (Fsp3) is 0.125. The zero-order valence-electron chi connectivity index (χ0n) is 6.38. The van der Waals surface area contributed by atoms with Crippen LogP contribution in [0.4, 0.5) is 4.39 Å². The van der Waals surface area contributed by atoms with Crippen molar-refractivity contribution < 1.29 is 9.60 Å². The van der Waals surface area contributed by atoms with E-state index in [9.17, 15) is 4.39 Å². The van der Waals surface area contributed by atoms with Gasteiger partial charge in [-0.2, -0.15) is 0 Å². The molecule has 1 rings (SSSR count). The van der Waals surface area contributed by atoms with Crippen LogP contribution in [0.2, 0.25) is 5.02 Å². The van der Waals surface area contributed by atoms with Crippen LogP contribution in [0, 0.1) is 12.7 Å². The van der Waals surface area contributed by atoms with E-state index >= 15 is 0 Å². The van der Waals surface area contributed by atoms with Crippen molar-refractivity contribution in [3.05, 3.63) is 34.1 Å². The third kappa shape index (κ3) is 1.56. The largest absolute Gasteiger partial charge is 0.411 e. The van der Waals surface area contributed by atoms with Gasteiger partial charge in [-0.05, 0) is 19.1 Å². The molecule has 12 heavy (non-hydrogen) atoms. The van der Waals surface area contributed by atoms with E-state index in [1.54, 1.807) is 13.0 Å². The molecule has 0 saturated carbocycles. The average molecular weight is 188 g/mol. The van der Waals surface area contributed by atoms with Gasteiger partial charge in [-0.3, -0.25) is 0 Å². The number of hydrogen-bond donors (Lipinski definition) is 1. The summed E-state index contributed by atoms with van der Waals surface area (Å²) in [6.45, 7) is 1.56. The number of benzene rings is 1. The highest BCUT2D eigenvalue weighted by Crippen LogP contribution is 2.19. The Kier molecular flexibility index (Phi) is 2.65. The monoisotopic (exact) mass is 187 g/mol. The molecule has 1 aromatic rings. The molecule has 0 amide bonds. The Hall–Kier alpha value is -1.09. The van der Waals surface area contributed by atoms with Crippen molar-refractivity contribution in [1.82, 2.24) is 0 Å². The van der Waals surface area contributed by atoms with Gasteiger partial charge in [0.1, 0.15) is 5.82 Å². The van der Waals surface area contributed by atoms with Crippen LogP contribution in [-0.2, 0) is 0 Å². The van der Waals surface area contributed by atoms with E-state index in [-0.39, 0.29) is 5.56 Å². The van der Waals surface area contributed by atoms with E-state index < -0.39 is 5.82 Å². The highest BCUT2D eigenvalue weighted by Gasteiger charge is 2.06. The van der Waals surface area contributed by atoms with Crippen molar-refractivity contribution in [1.29, 1.82) is 0 Å². The minimum absolute atomic E-state index is 0.222. The zero-order chi connectivity index (χ0) is 9.14. The molecule has 0 atom stereocenters. The van der Waals surface area contributed by atoms with E-state index in [0.717, 1.165) is 6.21 Å². The number of oxime groups is 1. The Balaban J connectivity index is 3.26. The summed E-state index contributed by atoms with van der Waals surface area (Å²) >= 11 is 5.64. The van der Waals surface area contributed by atoms with Crippen LogP contribution in [-0.4, -0.2) is 11.4 Å². The summed E-state index contributed by atoms with van der Waals surface area (Å²) < 4.78 is 13.2. The molecule has 0 bridgehead atoms. The average Bonchev–Trinajstić information content (AvgIpc) is 2.07. The Morgan fingerprint density at radius 3 is 2.83 bits per heavy atom. The van der Waals surface area contributed by atoms with Crippen LogP contribution in [0.1, 0.15) is 11.1 Å². The molecule has 0 saturated heterocycles. The fourth-order valence-electron chi connectivity index (χ4n) is 0.844. The minimum atomic E-state index is -0.458. The quantitative estimate of drug-likeness (QED) is 0.409. The lowest BCUT2D eigenvalue weighted by Gasteiger charge is -2.01. The second-order valence-corrected chi connectivity index (χ2v) is 2.73. The van der Waals surface area contributed by atoms with Gasteiger partial charge in [0, 0.05) is 16.1 Å². The molecule has 0 aromatic heterocycles. The normalized spacial score (nSPS) is 10.9. The molecule has 0 unspecified atom stereocenters. The maximum atomic E-state index is 13.2. The first-order valence-electron chi connectivity index (χ1n) is 3.29. The van der Waals surface area contributed by atoms with Crippen LogP contribution in [0.25, 0.3) is 0 Å². The summed E-state index contributed by atoms with van der Waals surface area (Å²) in [7, 11) is 0.